The molecule has 3 N–H and O–H groups in total. The van der Waals surface area contributed by atoms with Gasteiger partial charge in [0.05, 0.1) is 6.42 Å². The fourth-order valence-electron chi connectivity index (χ4n) is 3.39. The third kappa shape index (κ3) is 4.95. The van der Waals surface area contributed by atoms with Crippen molar-refractivity contribution in [2.45, 2.75) is 18.9 Å². The summed E-state index contributed by atoms with van der Waals surface area (Å²) < 4.78 is 0. The van der Waals surface area contributed by atoms with Crippen LogP contribution in [0.4, 0.5) is 10.5 Å². The molecular formula is C20H21Cl2N3O3. The summed E-state index contributed by atoms with van der Waals surface area (Å²) in [6.45, 7) is 1.69. The van der Waals surface area contributed by atoms with Crippen LogP contribution in [-0.4, -0.2) is 42.1 Å². The van der Waals surface area contributed by atoms with Gasteiger partial charge in [-0.3, -0.25) is 4.79 Å². The largest absolute Gasteiger partial charge is 0.481 e. The van der Waals surface area contributed by atoms with Crippen LogP contribution in [0.3, 0.4) is 0 Å². The number of likely N-dealkylation sites (N-methyl/N-ethyl adjacent to an activating group) is 1. The number of hydrogen-bond acceptors (Lipinski definition) is 3. The molecule has 1 aliphatic heterocycles. The number of fused-ring (bicyclic) bond motifs is 1. The highest BCUT2D eigenvalue weighted by atomic mass is 35.5. The van der Waals surface area contributed by atoms with Crippen molar-refractivity contribution in [3.8, 4) is 0 Å². The molecule has 8 heteroatoms. The second kappa shape index (κ2) is 8.82. The predicted octanol–water partition coefficient (Wildman–Crippen LogP) is 4.17. The Morgan fingerprint density at radius 1 is 1.21 bits per heavy atom. The molecule has 0 unspecified atom stereocenters. The lowest BCUT2D eigenvalue weighted by molar-refractivity contribution is -0.136. The van der Waals surface area contributed by atoms with Gasteiger partial charge >= 0.3 is 12.0 Å². The van der Waals surface area contributed by atoms with Gasteiger partial charge in [-0.05, 0) is 48.0 Å². The molecule has 1 heterocycles. The van der Waals surface area contributed by atoms with Crippen molar-refractivity contribution >= 4 is 40.9 Å². The molecule has 0 saturated heterocycles. The number of carbonyl (C=O) groups excluding carboxylic acids is 1. The third-order valence-corrected chi connectivity index (χ3v) is 5.24. The molecule has 148 valence electrons. The van der Waals surface area contributed by atoms with Crippen LogP contribution >= 0.6 is 23.2 Å². The lowest BCUT2D eigenvalue weighted by Gasteiger charge is -2.33. The smallest absolute Gasteiger partial charge is 0.319 e. The van der Waals surface area contributed by atoms with Crippen molar-refractivity contribution in [2.75, 3.05) is 25.5 Å². The molecule has 1 atom stereocenters. The molecule has 0 aromatic heterocycles. The fraction of sp³-hybridized carbons (Fsp3) is 0.300. The minimum Gasteiger partial charge on any atom is -0.481 e. The number of halogens is 2. The predicted molar refractivity (Wildman–Crippen MR) is 110 cm³/mol. The Kier molecular flexibility index (Phi) is 6.44. The highest BCUT2D eigenvalue weighted by Crippen LogP contribution is 2.38. The highest BCUT2D eigenvalue weighted by Gasteiger charge is 2.27. The number of anilines is 1. The lowest BCUT2D eigenvalue weighted by Crippen LogP contribution is -2.31. The Bertz CT molecular complexity index is 887. The number of carboxylic acid groups (broad SMARTS) is 1. The Morgan fingerprint density at radius 3 is 2.61 bits per heavy atom. The van der Waals surface area contributed by atoms with Gasteiger partial charge in [-0.1, -0.05) is 35.3 Å². The zero-order valence-electron chi connectivity index (χ0n) is 15.3. The standard InChI is InChI=1S/C20H21Cl2N3O3/c1-25-10-16(15-8-13(21)9-18(22)17(15)11-25)12-2-4-14(5-3-12)24-20(28)23-7-6-19(26)27/h2-5,8-9,16H,6-7,10-11H2,1H3,(H,26,27)(H2,23,24,28)/t16-/m1/s1. The molecule has 2 aromatic rings. The number of urea groups is 1. The van der Waals surface area contributed by atoms with Crippen LogP contribution in [0.2, 0.25) is 10.0 Å². The van der Waals surface area contributed by atoms with Gasteiger partial charge in [0.2, 0.25) is 0 Å². The van der Waals surface area contributed by atoms with Crippen molar-refractivity contribution in [1.82, 2.24) is 10.2 Å². The molecule has 2 aromatic carbocycles. The van der Waals surface area contributed by atoms with E-state index < -0.39 is 12.0 Å². The molecule has 0 spiro atoms. The first-order valence-electron chi connectivity index (χ1n) is 8.86. The summed E-state index contributed by atoms with van der Waals surface area (Å²) in [5.74, 6) is -0.828. The monoisotopic (exact) mass is 421 g/mol. The molecule has 0 fully saturated rings. The van der Waals surface area contributed by atoms with Crippen molar-refractivity contribution in [2.24, 2.45) is 0 Å². The van der Waals surface area contributed by atoms with E-state index in [-0.39, 0.29) is 18.9 Å². The molecule has 0 bridgehead atoms. The van der Waals surface area contributed by atoms with E-state index in [1.165, 1.54) is 0 Å². The molecule has 0 aliphatic carbocycles. The summed E-state index contributed by atoms with van der Waals surface area (Å²) in [6.07, 6.45) is -0.119. The second-order valence-electron chi connectivity index (χ2n) is 6.85. The first-order valence-corrected chi connectivity index (χ1v) is 9.62. The summed E-state index contributed by atoms with van der Waals surface area (Å²) in [4.78, 5) is 24.5. The molecule has 6 nitrogen and oxygen atoms in total. The average Bonchev–Trinajstić information content (AvgIpc) is 2.62. The normalized spacial score (nSPS) is 16.3. The van der Waals surface area contributed by atoms with E-state index in [2.05, 4.69) is 22.6 Å². The van der Waals surface area contributed by atoms with Crippen LogP contribution in [0.15, 0.2) is 36.4 Å². The topological polar surface area (TPSA) is 81.7 Å². The molecule has 28 heavy (non-hydrogen) atoms. The van der Waals surface area contributed by atoms with Crippen LogP contribution in [0.1, 0.15) is 29.0 Å². The maximum atomic E-state index is 11.8. The Balaban J connectivity index is 1.74. The lowest BCUT2D eigenvalue weighted by atomic mass is 9.85. The summed E-state index contributed by atoms with van der Waals surface area (Å²) >= 11 is 12.6. The van der Waals surface area contributed by atoms with E-state index in [9.17, 15) is 9.59 Å². The number of hydrogen-bond donors (Lipinski definition) is 3. The first-order chi connectivity index (χ1) is 13.3. The van der Waals surface area contributed by atoms with Gasteiger partial charge in [0, 0.05) is 41.3 Å². The van der Waals surface area contributed by atoms with Crippen LogP contribution in [0.25, 0.3) is 0 Å². The fourth-order valence-corrected chi connectivity index (χ4v) is 3.96. The number of amides is 2. The van der Waals surface area contributed by atoms with E-state index in [1.807, 2.05) is 30.3 Å². The van der Waals surface area contributed by atoms with Crippen molar-refractivity contribution < 1.29 is 14.7 Å². The number of aliphatic carboxylic acids is 1. The number of nitrogens with one attached hydrogen (secondary N) is 2. The number of nitrogens with zero attached hydrogens (tertiary/aromatic N) is 1. The van der Waals surface area contributed by atoms with Crippen molar-refractivity contribution in [3.05, 3.63) is 63.1 Å². The average molecular weight is 422 g/mol. The number of benzene rings is 2. The summed E-state index contributed by atoms with van der Waals surface area (Å²) in [7, 11) is 2.05. The van der Waals surface area contributed by atoms with E-state index in [4.69, 9.17) is 28.3 Å². The van der Waals surface area contributed by atoms with Crippen LogP contribution in [0, 0.1) is 0 Å². The number of carbonyl (C=O) groups is 2. The molecule has 0 saturated carbocycles. The summed E-state index contributed by atoms with van der Waals surface area (Å²) in [5.41, 5.74) is 3.95. The van der Waals surface area contributed by atoms with Gasteiger partial charge in [0.25, 0.3) is 0 Å². The Labute approximate surface area is 173 Å². The zero-order chi connectivity index (χ0) is 20.3. The van der Waals surface area contributed by atoms with Gasteiger partial charge < -0.3 is 20.6 Å². The van der Waals surface area contributed by atoms with Gasteiger partial charge in [0.15, 0.2) is 0 Å². The highest BCUT2D eigenvalue weighted by molar-refractivity contribution is 6.35. The molecular weight excluding hydrogens is 401 g/mol. The second-order valence-corrected chi connectivity index (χ2v) is 7.70. The minimum absolute atomic E-state index is 0.0754. The van der Waals surface area contributed by atoms with Crippen LogP contribution < -0.4 is 10.6 Å². The number of carboxylic acids is 1. The van der Waals surface area contributed by atoms with E-state index in [0.717, 1.165) is 29.8 Å². The van der Waals surface area contributed by atoms with Crippen LogP contribution in [-0.2, 0) is 11.3 Å². The quantitative estimate of drug-likeness (QED) is 0.676. The van der Waals surface area contributed by atoms with E-state index in [1.54, 1.807) is 6.07 Å². The van der Waals surface area contributed by atoms with E-state index in [0.29, 0.717) is 15.7 Å². The van der Waals surface area contributed by atoms with Crippen LogP contribution in [0.5, 0.6) is 0 Å². The maximum Gasteiger partial charge on any atom is 0.319 e. The van der Waals surface area contributed by atoms with Gasteiger partial charge in [-0.2, -0.15) is 0 Å². The molecule has 3 rings (SSSR count). The number of rotatable bonds is 5. The molecule has 1 aliphatic rings. The maximum absolute atomic E-state index is 11.8. The SMILES string of the molecule is CN1Cc2c(Cl)cc(Cl)cc2[C@@H](c2ccc(NC(=O)NCCC(=O)O)cc2)C1. The minimum atomic E-state index is -0.956. The van der Waals surface area contributed by atoms with Gasteiger partial charge in [-0.15, -0.1) is 0 Å². The van der Waals surface area contributed by atoms with E-state index >= 15 is 0 Å². The first kappa shape index (κ1) is 20.5. The van der Waals surface area contributed by atoms with Gasteiger partial charge in [0.1, 0.15) is 0 Å². The summed E-state index contributed by atoms with van der Waals surface area (Å²) in [6, 6.07) is 10.9. The Hall–Kier alpha value is -2.28. The Morgan fingerprint density at radius 2 is 1.93 bits per heavy atom. The zero-order valence-corrected chi connectivity index (χ0v) is 16.8. The van der Waals surface area contributed by atoms with Crippen molar-refractivity contribution in [3.63, 3.8) is 0 Å². The third-order valence-electron chi connectivity index (χ3n) is 4.69. The van der Waals surface area contributed by atoms with Crippen molar-refractivity contribution in [1.29, 1.82) is 0 Å². The summed E-state index contributed by atoms with van der Waals surface area (Å²) in [5, 5.41) is 15.1. The molecule has 0 radical (unpaired) electrons. The van der Waals surface area contributed by atoms with Gasteiger partial charge in [-0.25, -0.2) is 4.79 Å². The molecule has 2 amide bonds.